The van der Waals surface area contributed by atoms with Crippen LogP contribution in [-0.4, -0.2) is 23.4 Å². The van der Waals surface area contributed by atoms with Crippen LogP contribution in [0.1, 0.15) is 0 Å². The number of hydrogen-bond donors (Lipinski definition) is 0. The quantitative estimate of drug-likeness (QED) is 0.680. The SMILES string of the molecule is [CH3][Sn]([CH3])([CH3])[c]1cocn1. The first-order chi connectivity index (χ1) is 4.11. The monoisotopic (exact) mass is 233 g/mol. The zero-order valence-electron chi connectivity index (χ0n) is 6.01. The van der Waals surface area contributed by atoms with Crippen LogP contribution in [0.3, 0.4) is 0 Å². The zero-order chi connectivity index (χ0) is 6.91. The third-order valence-corrected chi connectivity index (χ3v) is 6.29. The molecule has 3 heteroatoms. The Balaban J connectivity index is 2.90. The Labute approximate surface area is 59.2 Å². The minimum absolute atomic E-state index is 1.21. The Morgan fingerprint density at radius 3 is 2.33 bits per heavy atom. The molecule has 1 aromatic heterocycles. The zero-order valence-corrected chi connectivity index (χ0v) is 8.86. The summed E-state index contributed by atoms with van der Waals surface area (Å²) in [6, 6.07) is 0. The third kappa shape index (κ3) is 1.71. The molecule has 0 N–H and O–H groups in total. The van der Waals surface area contributed by atoms with E-state index in [2.05, 4.69) is 19.8 Å². The summed E-state index contributed by atoms with van der Waals surface area (Å²) in [5.41, 5.74) is 0. The molecule has 0 saturated heterocycles. The molecule has 0 aliphatic heterocycles. The fourth-order valence-electron chi connectivity index (χ4n) is 0.583. The summed E-state index contributed by atoms with van der Waals surface area (Å²) in [7, 11) is 0. The van der Waals surface area contributed by atoms with Gasteiger partial charge in [0.1, 0.15) is 0 Å². The van der Waals surface area contributed by atoms with Gasteiger partial charge >= 0.3 is 59.0 Å². The van der Waals surface area contributed by atoms with Crippen molar-refractivity contribution >= 4 is 22.1 Å². The third-order valence-electron chi connectivity index (χ3n) is 1.20. The molecule has 1 aromatic rings. The van der Waals surface area contributed by atoms with Crippen molar-refractivity contribution in [1.29, 1.82) is 0 Å². The molecule has 0 spiro atoms. The molecule has 0 unspecified atom stereocenters. The van der Waals surface area contributed by atoms with Crippen molar-refractivity contribution < 1.29 is 4.42 Å². The molecule has 1 rings (SSSR count). The Morgan fingerprint density at radius 2 is 2.11 bits per heavy atom. The van der Waals surface area contributed by atoms with Gasteiger partial charge in [-0.15, -0.1) is 0 Å². The molecule has 9 heavy (non-hydrogen) atoms. The standard InChI is InChI=1S/C3H2NO.3CH3.Sn/c1-2-5-3-4-1;;;;/h2-3H;3*1H3;. The summed E-state index contributed by atoms with van der Waals surface area (Å²) >= 11 is -1.85. The van der Waals surface area contributed by atoms with Crippen LogP contribution in [0.4, 0.5) is 0 Å². The molecule has 0 radical (unpaired) electrons. The van der Waals surface area contributed by atoms with Crippen molar-refractivity contribution in [1.82, 2.24) is 4.98 Å². The molecule has 0 amide bonds. The summed E-state index contributed by atoms with van der Waals surface area (Å²) in [6.07, 6.45) is 3.29. The molecule has 0 aliphatic carbocycles. The molecule has 0 bridgehead atoms. The molecule has 0 atom stereocenters. The van der Waals surface area contributed by atoms with Crippen LogP contribution in [0.5, 0.6) is 0 Å². The van der Waals surface area contributed by atoms with Crippen LogP contribution >= 0.6 is 0 Å². The van der Waals surface area contributed by atoms with E-state index in [1.807, 2.05) is 0 Å². The fourth-order valence-corrected chi connectivity index (χ4v) is 3.04. The maximum atomic E-state index is 4.88. The van der Waals surface area contributed by atoms with Gasteiger partial charge in [-0.25, -0.2) is 0 Å². The molecular formula is C6H11NOSn. The van der Waals surface area contributed by atoms with Crippen LogP contribution in [0.2, 0.25) is 14.8 Å². The van der Waals surface area contributed by atoms with E-state index in [9.17, 15) is 0 Å². The van der Waals surface area contributed by atoms with Crippen molar-refractivity contribution in [2.75, 3.05) is 0 Å². The molecule has 2 nitrogen and oxygen atoms in total. The van der Waals surface area contributed by atoms with E-state index in [4.69, 9.17) is 4.42 Å². The average molecular weight is 232 g/mol. The van der Waals surface area contributed by atoms with Crippen molar-refractivity contribution in [3.8, 4) is 0 Å². The summed E-state index contributed by atoms with van der Waals surface area (Å²) in [5.74, 6) is 0. The van der Waals surface area contributed by atoms with E-state index in [0.717, 1.165) is 0 Å². The minimum atomic E-state index is -1.85. The van der Waals surface area contributed by atoms with E-state index < -0.39 is 18.4 Å². The predicted octanol–water partition coefficient (Wildman–Crippen LogP) is 1.22. The van der Waals surface area contributed by atoms with Crippen molar-refractivity contribution in [3.63, 3.8) is 0 Å². The maximum absolute atomic E-state index is 4.88. The van der Waals surface area contributed by atoms with Gasteiger partial charge in [0.05, 0.1) is 0 Å². The van der Waals surface area contributed by atoms with Crippen molar-refractivity contribution in [2.24, 2.45) is 0 Å². The fraction of sp³-hybridized carbons (Fsp3) is 0.500. The molecular weight excluding hydrogens is 221 g/mol. The average Bonchev–Trinajstić information content (AvgIpc) is 2.08. The van der Waals surface area contributed by atoms with Gasteiger partial charge in [0.25, 0.3) is 0 Å². The van der Waals surface area contributed by atoms with E-state index in [-0.39, 0.29) is 0 Å². The molecule has 0 saturated carbocycles. The van der Waals surface area contributed by atoms with Gasteiger partial charge in [-0.05, 0) is 0 Å². The van der Waals surface area contributed by atoms with Gasteiger partial charge in [-0.1, -0.05) is 0 Å². The van der Waals surface area contributed by atoms with Crippen LogP contribution in [0.25, 0.3) is 0 Å². The normalized spacial score (nSPS) is 11.9. The van der Waals surface area contributed by atoms with E-state index >= 15 is 0 Å². The van der Waals surface area contributed by atoms with Gasteiger partial charge in [0.15, 0.2) is 0 Å². The molecule has 0 aromatic carbocycles. The Kier molecular flexibility index (Phi) is 1.84. The second-order valence-electron chi connectivity index (χ2n) is 3.12. The number of rotatable bonds is 1. The molecule has 50 valence electrons. The van der Waals surface area contributed by atoms with E-state index in [0.29, 0.717) is 0 Å². The molecule has 0 fully saturated rings. The second kappa shape index (κ2) is 2.32. The summed E-state index contributed by atoms with van der Waals surface area (Å²) in [6.45, 7) is 0. The summed E-state index contributed by atoms with van der Waals surface area (Å²) in [4.78, 5) is 11.1. The van der Waals surface area contributed by atoms with Gasteiger partial charge in [0.2, 0.25) is 0 Å². The number of hydrogen-bond acceptors (Lipinski definition) is 2. The van der Waals surface area contributed by atoms with Gasteiger partial charge < -0.3 is 0 Å². The van der Waals surface area contributed by atoms with Gasteiger partial charge in [-0.2, -0.15) is 0 Å². The van der Waals surface area contributed by atoms with E-state index in [1.165, 1.54) is 10.1 Å². The van der Waals surface area contributed by atoms with Crippen LogP contribution in [0.15, 0.2) is 17.1 Å². The first kappa shape index (κ1) is 7.12. The number of oxazole rings is 1. The molecule has 0 aliphatic rings. The Hall–Kier alpha value is 0.00870. The number of aromatic nitrogens is 1. The van der Waals surface area contributed by atoms with Gasteiger partial charge in [0, 0.05) is 0 Å². The molecule has 1 heterocycles. The Bertz CT molecular complexity index is 175. The second-order valence-corrected chi connectivity index (χ2v) is 17.4. The predicted molar refractivity (Wildman–Crippen MR) is 39.5 cm³/mol. The van der Waals surface area contributed by atoms with E-state index in [1.54, 1.807) is 6.26 Å². The first-order valence-corrected chi connectivity index (χ1v) is 13.0. The van der Waals surface area contributed by atoms with Crippen molar-refractivity contribution in [3.05, 3.63) is 12.7 Å². The number of nitrogens with zero attached hydrogens (tertiary/aromatic N) is 1. The first-order valence-electron chi connectivity index (χ1n) is 2.99. The van der Waals surface area contributed by atoms with Crippen LogP contribution in [0, 0.1) is 0 Å². The van der Waals surface area contributed by atoms with Crippen LogP contribution in [-0.2, 0) is 0 Å². The van der Waals surface area contributed by atoms with Crippen LogP contribution < -0.4 is 3.71 Å². The van der Waals surface area contributed by atoms with Crippen molar-refractivity contribution in [2.45, 2.75) is 14.8 Å². The van der Waals surface area contributed by atoms with Gasteiger partial charge in [-0.3, -0.25) is 0 Å². The topological polar surface area (TPSA) is 26.0 Å². The summed E-state index contributed by atoms with van der Waals surface area (Å²) < 4.78 is 6.09. The summed E-state index contributed by atoms with van der Waals surface area (Å²) in [5, 5.41) is 0. The Morgan fingerprint density at radius 1 is 1.44 bits per heavy atom.